The molecule has 1 rings (SSSR count). The molecule has 1 aliphatic rings. The van der Waals surface area contributed by atoms with E-state index in [-0.39, 0.29) is 11.9 Å². The summed E-state index contributed by atoms with van der Waals surface area (Å²) in [5.41, 5.74) is 0. The van der Waals surface area contributed by atoms with Gasteiger partial charge in [0.1, 0.15) is 0 Å². The van der Waals surface area contributed by atoms with Crippen LogP contribution in [-0.4, -0.2) is 25.7 Å². The van der Waals surface area contributed by atoms with E-state index in [2.05, 4.69) is 12.2 Å². The predicted octanol–water partition coefficient (Wildman–Crippen LogP) is 2.89. The van der Waals surface area contributed by atoms with E-state index in [1.54, 1.807) is 0 Å². The summed E-state index contributed by atoms with van der Waals surface area (Å²) in [7, 11) is 0. The summed E-state index contributed by atoms with van der Waals surface area (Å²) in [4.78, 5) is 11.7. The maximum Gasteiger partial charge on any atom is 0.308 e. The second-order valence-electron chi connectivity index (χ2n) is 4.96. The SMILES string of the molecule is CCCCNCCCOC(=O)C1CCCCC1. The van der Waals surface area contributed by atoms with E-state index in [1.807, 2.05) is 0 Å². The van der Waals surface area contributed by atoms with Gasteiger partial charge in [-0.2, -0.15) is 0 Å². The average molecular weight is 241 g/mol. The van der Waals surface area contributed by atoms with E-state index < -0.39 is 0 Å². The Morgan fingerprint density at radius 3 is 2.59 bits per heavy atom. The Kier molecular flexibility index (Phi) is 8.06. The molecule has 1 fully saturated rings. The number of ether oxygens (including phenoxy) is 1. The van der Waals surface area contributed by atoms with Crippen molar-refractivity contribution < 1.29 is 9.53 Å². The van der Waals surface area contributed by atoms with Crippen molar-refractivity contribution in [3.63, 3.8) is 0 Å². The van der Waals surface area contributed by atoms with Gasteiger partial charge in [-0.25, -0.2) is 0 Å². The van der Waals surface area contributed by atoms with Crippen molar-refractivity contribution in [3.05, 3.63) is 0 Å². The lowest BCUT2D eigenvalue weighted by Crippen LogP contribution is -2.23. The molecule has 0 aromatic heterocycles. The van der Waals surface area contributed by atoms with Crippen LogP contribution in [0.25, 0.3) is 0 Å². The number of rotatable bonds is 8. The maximum atomic E-state index is 11.7. The second kappa shape index (κ2) is 9.46. The quantitative estimate of drug-likeness (QED) is 0.524. The molecule has 0 aliphatic heterocycles. The monoisotopic (exact) mass is 241 g/mol. The van der Waals surface area contributed by atoms with Crippen LogP contribution in [0.2, 0.25) is 0 Å². The molecule has 0 amide bonds. The summed E-state index contributed by atoms with van der Waals surface area (Å²) in [5.74, 6) is 0.232. The first-order chi connectivity index (χ1) is 8.34. The first-order valence-electron chi connectivity index (χ1n) is 7.22. The van der Waals surface area contributed by atoms with Crippen molar-refractivity contribution in [1.29, 1.82) is 0 Å². The molecular formula is C14H27NO2. The summed E-state index contributed by atoms with van der Waals surface area (Å²) in [6.07, 6.45) is 9.12. The number of hydrogen-bond acceptors (Lipinski definition) is 3. The van der Waals surface area contributed by atoms with E-state index in [0.29, 0.717) is 6.61 Å². The Hall–Kier alpha value is -0.570. The minimum atomic E-state index is 0.0401. The van der Waals surface area contributed by atoms with Gasteiger partial charge >= 0.3 is 5.97 Å². The number of carbonyl (C=O) groups is 1. The van der Waals surface area contributed by atoms with Crippen LogP contribution in [0.1, 0.15) is 58.3 Å². The molecule has 3 heteroatoms. The van der Waals surface area contributed by atoms with Crippen LogP contribution in [-0.2, 0) is 9.53 Å². The lowest BCUT2D eigenvalue weighted by Gasteiger charge is -2.19. The van der Waals surface area contributed by atoms with Gasteiger partial charge in [-0.15, -0.1) is 0 Å². The first kappa shape index (κ1) is 14.5. The molecular weight excluding hydrogens is 214 g/mol. The Morgan fingerprint density at radius 1 is 1.18 bits per heavy atom. The Morgan fingerprint density at radius 2 is 1.88 bits per heavy atom. The van der Waals surface area contributed by atoms with Crippen LogP contribution in [0.3, 0.4) is 0 Å². The van der Waals surface area contributed by atoms with Gasteiger partial charge in [0.05, 0.1) is 12.5 Å². The summed E-state index contributed by atoms with van der Waals surface area (Å²) >= 11 is 0. The summed E-state index contributed by atoms with van der Waals surface area (Å²) in [6, 6.07) is 0. The number of hydrogen-bond donors (Lipinski definition) is 1. The molecule has 0 heterocycles. The highest BCUT2D eigenvalue weighted by Crippen LogP contribution is 2.24. The molecule has 0 atom stereocenters. The molecule has 1 saturated carbocycles. The van der Waals surface area contributed by atoms with Crippen LogP contribution in [0.5, 0.6) is 0 Å². The molecule has 0 saturated heterocycles. The van der Waals surface area contributed by atoms with Crippen molar-refractivity contribution in [2.75, 3.05) is 19.7 Å². The molecule has 100 valence electrons. The van der Waals surface area contributed by atoms with E-state index in [0.717, 1.165) is 32.4 Å². The van der Waals surface area contributed by atoms with E-state index in [9.17, 15) is 4.79 Å². The van der Waals surface area contributed by atoms with Crippen LogP contribution < -0.4 is 5.32 Å². The highest BCUT2D eigenvalue weighted by atomic mass is 16.5. The van der Waals surface area contributed by atoms with Crippen molar-refractivity contribution >= 4 is 5.97 Å². The van der Waals surface area contributed by atoms with Gasteiger partial charge in [0.15, 0.2) is 0 Å². The lowest BCUT2D eigenvalue weighted by molar-refractivity contribution is -0.149. The highest BCUT2D eigenvalue weighted by Gasteiger charge is 2.21. The summed E-state index contributed by atoms with van der Waals surface area (Å²) in [6.45, 7) is 4.80. The van der Waals surface area contributed by atoms with E-state index >= 15 is 0 Å². The molecule has 0 unspecified atom stereocenters. The minimum Gasteiger partial charge on any atom is -0.465 e. The van der Waals surface area contributed by atoms with Crippen LogP contribution in [0.15, 0.2) is 0 Å². The first-order valence-corrected chi connectivity index (χ1v) is 7.22. The molecule has 1 N–H and O–H groups in total. The zero-order chi connectivity index (χ0) is 12.3. The third-order valence-electron chi connectivity index (χ3n) is 3.39. The van der Waals surface area contributed by atoms with Gasteiger partial charge < -0.3 is 10.1 Å². The number of unbranched alkanes of at least 4 members (excludes halogenated alkanes) is 1. The minimum absolute atomic E-state index is 0.0401. The van der Waals surface area contributed by atoms with Gasteiger partial charge in [-0.1, -0.05) is 32.6 Å². The molecule has 0 bridgehead atoms. The molecule has 0 radical (unpaired) electrons. The molecule has 0 aromatic rings. The molecule has 0 spiro atoms. The Labute approximate surface area is 105 Å². The van der Waals surface area contributed by atoms with Crippen LogP contribution in [0.4, 0.5) is 0 Å². The second-order valence-corrected chi connectivity index (χ2v) is 4.96. The third kappa shape index (κ3) is 6.67. The van der Waals surface area contributed by atoms with Crippen molar-refractivity contribution in [1.82, 2.24) is 5.32 Å². The Balaban J connectivity index is 1.92. The zero-order valence-electron chi connectivity index (χ0n) is 11.2. The van der Waals surface area contributed by atoms with Crippen molar-refractivity contribution in [2.24, 2.45) is 5.92 Å². The largest absolute Gasteiger partial charge is 0.465 e. The summed E-state index contributed by atoms with van der Waals surface area (Å²) in [5, 5.41) is 3.35. The van der Waals surface area contributed by atoms with Gasteiger partial charge in [0.25, 0.3) is 0 Å². The standard InChI is InChI=1S/C14H27NO2/c1-2-3-10-15-11-7-12-17-14(16)13-8-5-4-6-9-13/h13,15H,2-12H2,1H3. The van der Waals surface area contributed by atoms with Crippen LogP contribution in [0, 0.1) is 5.92 Å². The molecule has 1 aliphatic carbocycles. The van der Waals surface area contributed by atoms with Crippen molar-refractivity contribution in [3.8, 4) is 0 Å². The third-order valence-corrected chi connectivity index (χ3v) is 3.39. The zero-order valence-corrected chi connectivity index (χ0v) is 11.2. The average Bonchev–Trinajstić information content (AvgIpc) is 2.38. The molecule has 17 heavy (non-hydrogen) atoms. The molecule has 3 nitrogen and oxygen atoms in total. The topological polar surface area (TPSA) is 38.3 Å². The van der Waals surface area contributed by atoms with Gasteiger partial charge in [-0.05, 0) is 38.8 Å². The van der Waals surface area contributed by atoms with Crippen molar-refractivity contribution in [2.45, 2.75) is 58.3 Å². The Bertz CT molecular complexity index is 200. The van der Waals surface area contributed by atoms with Gasteiger partial charge in [0, 0.05) is 0 Å². The fourth-order valence-electron chi connectivity index (χ4n) is 2.25. The van der Waals surface area contributed by atoms with E-state index in [4.69, 9.17) is 4.74 Å². The normalized spacial score (nSPS) is 17.0. The fourth-order valence-corrected chi connectivity index (χ4v) is 2.25. The van der Waals surface area contributed by atoms with E-state index in [1.165, 1.54) is 32.1 Å². The smallest absolute Gasteiger partial charge is 0.308 e. The number of nitrogens with one attached hydrogen (secondary N) is 1. The summed E-state index contributed by atoms with van der Waals surface area (Å²) < 4.78 is 5.31. The van der Waals surface area contributed by atoms with Gasteiger partial charge in [-0.3, -0.25) is 4.79 Å². The number of carbonyl (C=O) groups excluding carboxylic acids is 1. The predicted molar refractivity (Wildman–Crippen MR) is 69.9 cm³/mol. The van der Waals surface area contributed by atoms with Gasteiger partial charge in [0.2, 0.25) is 0 Å². The highest BCUT2D eigenvalue weighted by molar-refractivity contribution is 5.72. The van der Waals surface area contributed by atoms with Crippen LogP contribution >= 0.6 is 0 Å². The fraction of sp³-hybridized carbons (Fsp3) is 0.929. The maximum absolute atomic E-state index is 11.7. The number of esters is 1. The molecule has 0 aromatic carbocycles. The lowest BCUT2D eigenvalue weighted by atomic mass is 9.89.